The Morgan fingerprint density at radius 1 is 1.27 bits per heavy atom. The van der Waals surface area contributed by atoms with Gasteiger partial charge in [0.25, 0.3) is 0 Å². The van der Waals surface area contributed by atoms with Gasteiger partial charge >= 0.3 is 7.12 Å². The second-order valence-corrected chi connectivity index (χ2v) is 5.33. The summed E-state index contributed by atoms with van der Waals surface area (Å²) >= 11 is 0. The molecule has 0 aliphatic heterocycles. The van der Waals surface area contributed by atoms with E-state index in [0.29, 0.717) is 5.56 Å². The average Bonchev–Trinajstić information content (AvgIpc) is 1.99. The fourth-order valence-corrected chi connectivity index (χ4v) is 2.01. The second kappa shape index (κ2) is 3.84. The molecule has 5 nitrogen and oxygen atoms in total. The molecule has 15 heavy (non-hydrogen) atoms. The van der Waals surface area contributed by atoms with Gasteiger partial charge in [0.05, 0.1) is 4.90 Å². The highest BCUT2D eigenvalue weighted by atomic mass is 32.2. The summed E-state index contributed by atoms with van der Waals surface area (Å²) in [5, 5.41) is 27.3. The summed E-state index contributed by atoms with van der Waals surface area (Å²) in [7, 11) is -5.23. The van der Waals surface area contributed by atoms with Crippen molar-refractivity contribution in [2.24, 2.45) is 0 Å². The van der Waals surface area contributed by atoms with Crippen molar-refractivity contribution in [2.75, 3.05) is 6.26 Å². The van der Waals surface area contributed by atoms with Gasteiger partial charge < -0.3 is 15.2 Å². The molecule has 0 heterocycles. The molecule has 1 rings (SSSR count). The molecule has 0 radical (unpaired) electrons. The zero-order valence-corrected chi connectivity index (χ0v) is 9.11. The van der Waals surface area contributed by atoms with Gasteiger partial charge in [-0.25, -0.2) is 8.42 Å². The van der Waals surface area contributed by atoms with Crippen LogP contribution in [0.5, 0.6) is 5.75 Å². The van der Waals surface area contributed by atoms with Crippen LogP contribution in [0.25, 0.3) is 0 Å². The SMILES string of the molecule is Cc1cc(S(C)(=O)=O)cc(O)c1B(O)O. The van der Waals surface area contributed by atoms with Gasteiger partial charge in [-0.1, -0.05) is 0 Å². The summed E-state index contributed by atoms with van der Waals surface area (Å²) in [6, 6.07) is 2.28. The average molecular weight is 230 g/mol. The zero-order chi connectivity index (χ0) is 11.8. The number of hydrogen-bond donors (Lipinski definition) is 3. The fourth-order valence-electron chi connectivity index (χ4n) is 1.30. The molecule has 0 bridgehead atoms. The van der Waals surface area contributed by atoms with Crippen molar-refractivity contribution < 1.29 is 23.6 Å². The quantitative estimate of drug-likeness (QED) is 0.554. The lowest BCUT2D eigenvalue weighted by atomic mass is 9.76. The highest BCUT2D eigenvalue weighted by Crippen LogP contribution is 2.17. The first-order chi connectivity index (χ1) is 6.73. The third kappa shape index (κ3) is 2.50. The summed E-state index contributed by atoms with van der Waals surface area (Å²) in [5.74, 6) is -0.439. The van der Waals surface area contributed by atoms with Crippen molar-refractivity contribution in [3.8, 4) is 5.75 Å². The number of phenols is 1. The number of aromatic hydroxyl groups is 1. The van der Waals surface area contributed by atoms with E-state index in [2.05, 4.69) is 0 Å². The van der Waals surface area contributed by atoms with E-state index >= 15 is 0 Å². The summed E-state index contributed by atoms with van der Waals surface area (Å²) in [6.45, 7) is 1.49. The number of hydrogen-bond acceptors (Lipinski definition) is 5. The van der Waals surface area contributed by atoms with Crippen LogP contribution in [-0.2, 0) is 9.84 Å². The Morgan fingerprint density at radius 3 is 2.13 bits per heavy atom. The van der Waals surface area contributed by atoms with Gasteiger partial charge in [0.2, 0.25) is 0 Å². The van der Waals surface area contributed by atoms with E-state index in [1.165, 1.54) is 13.0 Å². The third-order valence-electron chi connectivity index (χ3n) is 2.02. The lowest BCUT2D eigenvalue weighted by Crippen LogP contribution is -2.32. The molecule has 82 valence electrons. The first-order valence-corrected chi connectivity index (χ1v) is 6.02. The van der Waals surface area contributed by atoms with E-state index in [4.69, 9.17) is 10.0 Å². The van der Waals surface area contributed by atoms with Crippen LogP contribution in [0, 0.1) is 6.92 Å². The smallest absolute Gasteiger partial charge is 0.492 e. The minimum Gasteiger partial charge on any atom is -0.508 e. The van der Waals surface area contributed by atoms with Crippen LogP contribution in [-0.4, -0.2) is 36.9 Å². The summed E-state index contributed by atoms with van der Waals surface area (Å²) < 4.78 is 22.4. The molecule has 0 saturated carbocycles. The number of benzene rings is 1. The van der Waals surface area contributed by atoms with E-state index in [0.717, 1.165) is 12.3 Å². The van der Waals surface area contributed by atoms with Crippen molar-refractivity contribution in [2.45, 2.75) is 11.8 Å². The summed E-state index contributed by atoms with van der Waals surface area (Å²) in [4.78, 5) is -0.0538. The Hall–Kier alpha value is -1.05. The lowest BCUT2D eigenvalue weighted by Gasteiger charge is -2.09. The molecule has 1 aromatic rings. The highest BCUT2D eigenvalue weighted by Gasteiger charge is 2.21. The second-order valence-electron chi connectivity index (χ2n) is 3.32. The zero-order valence-electron chi connectivity index (χ0n) is 8.30. The monoisotopic (exact) mass is 230 g/mol. The number of rotatable bonds is 2. The molecule has 0 amide bonds. The molecule has 0 aliphatic rings. The Kier molecular flexibility index (Phi) is 3.08. The summed E-state index contributed by atoms with van der Waals surface area (Å²) in [5.41, 5.74) is 0.229. The molecule has 0 aromatic heterocycles. The molecule has 0 spiro atoms. The maximum atomic E-state index is 11.2. The van der Waals surface area contributed by atoms with Crippen LogP contribution < -0.4 is 5.46 Å². The molecule has 1 aromatic carbocycles. The lowest BCUT2D eigenvalue weighted by molar-refractivity contribution is 0.419. The maximum Gasteiger partial charge on any atom is 0.492 e. The van der Waals surface area contributed by atoms with Gasteiger partial charge in [-0.3, -0.25) is 0 Å². The van der Waals surface area contributed by atoms with Crippen LogP contribution >= 0.6 is 0 Å². The van der Waals surface area contributed by atoms with Crippen molar-refractivity contribution in [1.82, 2.24) is 0 Å². The number of sulfone groups is 1. The Balaban J connectivity index is 3.45. The van der Waals surface area contributed by atoms with E-state index < -0.39 is 22.7 Å². The topological polar surface area (TPSA) is 94.8 Å². The van der Waals surface area contributed by atoms with Crippen LogP contribution in [0.4, 0.5) is 0 Å². The van der Waals surface area contributed by atoms with Gasteiger partial charge in [-0.05, 0) is 24.6 Å². The molecule has 0 saturated heterocycles. The predicted octanol–water partition coefficient (Wildman–Crippen LogP) is -1.22. The van der Waals surface area contributed by atoms with Gasteiger partial charge in [0.1, 0.15) is 5.75 Å². The Labute approximate surface area is 88.1 Å². The number of aryl methyl sites for hydroxylation is 1. The van der Waals surface area contributed by atoms with E-state index in [1.54, 1.807) is 0 Å². The van der Waals surface area contributed by atoms with Crippen LogP contribution in [0.15, 0.2) is 17.0 Å². The Morgan fingerprint density at radius 2 is 1.80 bits per heavy atom. The van der Waals surface area contributed by atoms with Gasteiger partial charge in [-0.2, -0.15) is 0 Å². The minimum absolute atomic E-state index is 0.0538. The standard InChI is InChI=1S/C8H11BO5S/c1-5-3-6(15(2,13)14)4-7(10)8(5)9(11)12/h3-4,10-12H,1-2H3. The van der Waals surface area contributed by atoms with E-state index in [-0.39, 0.29) is 10.4 Å². The highest BCUT2D eigenvalue weighted by molar-refractivity contribution is 7.90. The third-order valence-corrected chi connectivity index (χ3v) is 3.12. The van der Waals surface area contributed by atoms with E-state index in [9.17, 15) is 13.5 Å². The molecular weight excluding hydrogens is 219 g/mol. The van der Waals surface area contributed by atoms with Crippen LogP contribution in [0.3, 0.4) is 0 Å². The van der Waals surface area contributed by atoms with Crippen molar-refractivity contribution >= 4 is 22.4 Å². The molecule has 0 fully saturated rings. The van der Waals surface area contributed by atoms with Gasteiger partial charge in [0, 0.05) is 11.7 Å². The van der Waals surface area contributed by atoms with Crippen LogP contribution in [0.1, 0.15) is 5.56 Å². The van der Waals surface area contributed by atoms with E-state index in [1.807, 2.05) is 0 Å². The first kappa shape index (κ1) is 12.0. The molecule has 3 N–H and O–H groups in total. The first-order valence-electron chi connectivity index (χ1n) is 4.13. The maximum absolute atomic E-state index is 11.2. The summed E-state index contributed by atoms with van der Waals surface area (Å²) in [6.07, 6.45) is 1.01. The van der Waals surface area contributed by atoms with Gasteiger partial charge in [-0.15, -0.1) is 0 Å². The molecule has 0 unspecified atom stereocenters. The molecular formula is C8H11BO5S. The normalized spacial score (nSPS) is 11.5. The van der Waals surface area contributed by atoms with Crippen molar-refractivity contribution in [1.29, 1.82) is 0 Å². The predicted molar refractivity (Wildman–Crippen MR) is 55.8 cm³/mol. The molecule has 0 atom stereocenters. The van der Waals surface area contributed by atoms with Crippen molar-refractivity contribution in [3.63, 3.8) is 0 Å². The number of phenolic OH excluding ortho intramolecular Hbond substituents is 1. The van der Waals surface area contributed by atoms with Crippen molar-refractivity contribution in [3.05, 3.63) is 17.7 Å². The largest absolute Gasteiger partial charge is 0.508 e. The molecule has 7 heteroatoms. The molecule has 0 aliphatic carbocycles. The van der Waals surface area contributed by atoms with Gasteiger partial charge in [0.15, 0.2) is 9.84 Å². The Bertz CT molecular complexity index is 457. The van der Waals surface area contributed by atoms with Crippen LogP contribution in [0.2, 0.25) is 0 Å². The fraction of sp³-hybridized carbons (Fsp3) is 0.250. The minimum atomic E-state index is -3.41.